The van der Waals surface area contributed by atoms with Gasteiger partial charge in [0, 0.05) is 31.4 Å². The Labute approximate surface area is 113 Å². The number of hydrogen-bond acceptors (Lipinski definition) is 3. The number of aryl methyl sites for hydroxylation is 1. The van der Waals surface area contributed by atoms with Crippen LogP contribution in [0.15, 0.2) is 6.20 Å². The lowest BCUT2D eigenvalue weighted by molar-refractivity contribution is 0.239. The van der Waals surface area contributed by atoms with Gasteiger partial charge in [-0.05, 0) is 24.9 Å². The van der Waals surface area contributed by atoms with E-state index in [0.29, 0.717) is 19.0 Å². The molecule has 1 aromatic heterocycles. The highest BCUT2D eigenvalue weighted by atomic mass is 32.2. The van der Waals surface area contributed by atoms with Crippen molar-refractivity contribution in [2.75, 3.05) is 18.6 Å². The van der Waals surface area contributed by atoms with Crippen LogP contribution in [0.2, 0.25) is 0 Å². The lowest BCUT2D eigenvalue weighted by Crippen LogP contribution is -2.37. The van der Waals surface area contributed by atoms with E-state index < -0.39 is 0 Å². The number of carbonyl (C=O) groups is 1. The molecular weight excluding hydrogens is 248 g/mol. The fourth-order valence-electron chi connectivity index (χ4n) is 1.57. The van der Waals surface area contributed by atoms with Gasteiger partial charge in [0.1, 0.15) is 0 Å². The summed E-state index contributed by atoms with van der Waals surface area (Å²) in [6.07, 6.45) is 3.85. The van der Waals surface area contributed by atoms with Crippen molar-refractivity contribution in [3.63, 3.8) is 0 Å². The second-order valence-electron chi connectivity index (χ2n) is 4.50. The summed E-state index contributed by atoms with van der Waals surface area (Å²) in [6.45, 7) is 5.34. The van der Waals surface area contributed by atoms with Crippen LogP contribution in [0.5, 0.6) is 0 Å². The zero-order valence-corrected chi connectivity index (χ0v) is 12.3. The fraction of sp³-hybridized carbons (Fsp3) is 0.667. The number of urea groups is 1. The highest BCUT2D eigenvalue weighted by molar-refractivity contribution is 7.98. The minimum Gasteiger partial charge on any atom is -0.338 e. The van der Waals surface area contributed by atoms with E-state index >= 15 is 0 Å². The molecule has 2 amide bonds. The van der Waals surface area contributed by atoms with Crippen LogP contribution in [0, 0.1) is 12.8 Å². The van der Waals surface area contributed by atoms with Gasteiger partial charge >= 0.3 is 6.03 Å². The number of hydrogen-bond donors (Lipinski definition) is 2. The number of carbonyl (C=O) groups excluding carboxylic acids is 1. The summed E-state index contributed by atoms with van der Waals surface area (Å²) in [5, 5.41) is 9.85. The molecule has 1 rings (SSSR count). The molecule has 102 valence electrons. The van der Waals surface area contributed by atoms with Crippen molar-refractivity contribution in [3.05, 3.63) is 17.5 Å². The number of rotatable bonds is 6. The Kier molecular flexibility index (Phi) is 6.04. The molecule has 5 nitrogen and oxygen atoms in total. The van der Waals surface area contributed by atoms with Crippen molar-refractivity contribution in [2.24, 2.45) is 13.0 Å². The molecular formula is C12H22N4OS. The van der Waals surface area contributed by atoms with Crippen LogP contribution < -0.4 is 10.6 Å². The average molecular weight is 270 g/mol. The molecule has 0 fully saturated rings. The van der Waals surface area contributed by atoms with E-state index in [9.17, 15) is 4.79 Å². The molecule has 0 saturated heterocycles. The Bertz CT molecular complexity index is 391. The van der Waals surface area contributed by atoms with Crippen LogP contribution in [0.1, 0.15) is 18.2 Å². The molecule has 1 aromatic rings. The number of amides is 2. The topological polar surface area (TPSA) is 59.0 Å². The number of nitrogens with one attached hydrogen (secondary N) is 2. The van der Waals surface area contributed by atoms with Crippen LogP contribution >= 0.6 is 11.8 Å². The van der Waals surface area contributed by atoms with Gasteiger partial charge in [-0.15, -0.1) is 0 Å². The van der Waals surface area contributed by atoms with Gasteiger partial charge in [-0.3, -0.25) is 4.68 Å². The summed E-state index contributed by atoms with van der Waals surface area (Å²) in [4.78, 5) is 11.6. The van der Waals surface area contributed by atoms with Crippen LogP contribution in [0.25, 0.3) is 0 Å². The molecule has 1 atom stereocenters. The molecule has 0 unspecified atom stereocenters. The van der Waals surface area contributed by atoms with Crippen LogP contribution in [-0.4, -0.2) is 34.4 Å². The largest absolute Gasteiger partial charge is 0.338 e. The maximum atomic E-state index is 11.6. The summed E-state index contributed by atoms with van der Waals surface area (Å²) in [5.74, 6) is 1.55. The Morgan fingerprint density at radius 3 is 2.83 bits per heavy atom. The summed E-state index contributed by atoms with van der Waals surface area (Å²) in [6, 6.07) is -0.119. The SMILES string of the molecule is CSC[C@H](C)CNC(=O)NCc1cnn(C)c1C. The average Bonchev–Trinajstić information content (AvgIpc) is 2.65. The monoisotopic (exact) mass is 270 g/mol. The van der Waals surface area contributed by atoms with Gasteiger partial charge in [0.25, 0.3) is 0 Å². The van der Waals surface area contributed by atoms with E-state index in [4.69, 9.17) is 0 Å². The first kappa shape index (κ1) is 14.9. The van der Waals surface area contributed by atoms with Crippen molar-refractivity contribution in [1.29, 1.82) is 0 Å². The zero-order chi connectivity index (χ0) is 13.5. The second-order valence-corrected chi connectivity index (χ2v) is 5.41. The van der Waals surface area contributed by atoms with Crippen LogP contribution in [-0.2, 0) is 13.6 Å². The highest BCUT2D eigenvalue weighted by Crippen LogP contribution is 2.05. The maximum absolute atomic E-state index is 11.6. The molecule has 0 aliphatic rings. The van der Waals surface area contributed by atoms with Gasteiger partial charge in [-0.1, -0.05) is 6.92 Å². The van der Waals surface area contributed by atoms with Gasteiger partial charge in [0.05, 0.1) is 6.20 Å². The van der Waals surface area contributed by atoms with E-state index in [0.717, 1.165) is 17.0 Å². The Morgan fingerprint density at radius 2 is 2.28 bits per heavy atom. The fourth-order valence-corrected chi connectivity index (χ4v) is 2.25. The van der Waals surface area contributed by atoms with Crippen molar-refractivity contribution in [3.8, 4) is 0 Å². The molecule has 0 saturated carbocycles. The first-order valence-corrected chi connectivity index (χ1v) is 7.42. The molecule has 0 radical (unpaired) electrons. The van der Waals surface area contributed by atoms with E-state index in [2.05, 4.69) is 28.9 Å². The predicted octanol–water partition coefficient (Wildman–Crippen LogP) is 1.53. The third-order valence-electron chi connectivity index (χ3n) is 2.84. The van der Waals surface area contributed by atoms with Crippen molar-refractivity contribution >= 4 is 17.8 Å². The van der Waals surface area contributed by atoms with E-state index in [1.165, 1.54) is 0 Å². The van der Waals surface area contributed by atoms with Gasteiger partial charge in [0.15, 0.2) is 0 Å². The summed E-state index contributed by atoms with van der Waals surface area (Å²) >= 11 is 1.79. The smallest absolute Gasteiger partial charge is 0.315 e. The van der Waals surface area contributed by atoms with E-state index in [-0.39, 0.29) is 6.03 Å². The number of nitrogens with zero attached hydrogens (tertiary/aromatic N) is 2. The Morgan fingerprint density at radius 1 is 1.56 bits per heavy atom. The van der Waals surface area contributed by atoms with Gasteiger partial charge in [-0.25, -0.2) is 4.79 Å². The van der Waals surface area contributed by atoms with Crippen molar-refractivity contribution < 1.29 is 4.79 Å². The number of aromatic nitrogens is 2. The molecule has 0 spiro atoms. The van der Waals surface area contributed by atoms with Gasteiger partial charge in [0.2, 0.25) is 0 Å². The van der Waals surface area contributed by atoms with Crippen LogP contribution in [0.4, 0.5) is 4.79 Å². The highest BCUT2D eigenvalue weighted by Gasteiger charge is 2.07. The molecule has 0 aliphatic carbocycles. The van der Waals surface area contributed by atoms with Crippen molar-refractivity contribution in [2.45, 2.75) is 20.4 Å². The summed E-state index contributed by atoms with van der Waals surface area (Å²) in [7, 11) is 1.89. The standard InChI is InChI=1S/C12H22N4OS/c1-9(8-18-4)5-13-12(17)14-6-11-7-15-16(3)10(11)2/h7,9H,5-6,8H2,1-4H3,(H2,13,14,17)/t9-/m1/s1. The molecule has 0 bridgehead atoms. The van der Waals surface area contributed by atoms with Gasteiger partial charge in [-0.2, -0.15) is 16.9 Å². The summed E-state index contributed by atoms with van der Waals surface area (Å²) < 4.78 is 1.80. The maximum Gasteiger partial charge on any atom is 0.315 e. The number of thioether (sulfide) groups is 1. The third-order valence-corrected chi connectivity index (χ3v) is 3.74. The molecule has 18 heavy (non-hydrogen) atoms. The Balaban J connectivity index is 2.27. The first-order valence-electron chi connectivity index (χ1n) is 6.02. The third kappa shape index (κ3) is 4.60. The van der Waals surface area contributed by atoms with Crippen LogP contribution in [0.3, 0.4) is 0 Å². The predicted molar refractivity (Wildman–Crippen MR) is 75.7 cm³/mol. The lowest BCUT2D eigenvalue weighted by Gasteiger charge is -2.12. The first-order chi connectivity index (χ1) is 8.54. The Hall–Kier alpha value is -1.17. The lowest BCUT2D eigenvalue weighted by atomic mass is 10.2. The molecule has 6 heteroatoms. The van der Waals surface area contributed by atoms with Crippen molar-refractivity contribution in [1.82, 2.24) is 20.4 Å². The van der Waals surface area contributed by atoms with E-state index in [1.54, 1.807) is 22.6 Å². The molecule has 2 N–H and O–H groups in total. The molecule has 0 aliphatic heterocycles. The zero-order valence-electron chi connectivity index (χ0n) is 11.5. The quantitative estimate of drug-likeness (QED) is 0.824. The minimum atomic E-state index is -0.119. The summed E-state index contributed by atoms with van der Waals surface area (Å²) in [5.41, 5.74) is 2.12. The molecule has 0 aromatic carbocycles. The van der Waals surface area contributed by atoms with Gasteiger partial charge < -0.3 is 10.6 Å². The van der Waals surface area contributed by atoms with E-state index in [1.807, 2.05) is 14.0 Å². The minimum absolute atomic E-state index is 0.119. The second kappa shape index (κ2) is 7.31. The molecule has 1 heterocycles. The normalized spacial score (nSPS) is 12.2.